The zero-order chi connectivity index (χ0) is 9.84. The number of allylic oxidation sites excluding steroid dienone is 1. The van der Waals surface area contributed by atoms with E-state index in [1.807, 2.05) is 0 Å². The summed E-state index contributed by atoms with van der Waals surface area (Å²) in [6, 6.07) is 3.05. The normalized spacial score (nSPS) is 9.86. The van der Waals surface area contributed by atoms with Gasteiger partial charge in [0.15, 0.2) is 5.78 Å². The fourth-order valence-corrected chi connectivity index (χ4v) is 0.878. The maximum Gasteiger partial charge on any atom is 1.00 e. The Morgan fingerprint density at radius 2 is 1.79 bits per heavy atom. The monoisotopic (exact) mass is 206 g/mol. The first-order chi connectivity index (χ1) is 6.16. The number of ketones is 1. The minimum absolute atomic E-state index is 0. The van der Waals surface area contributed by atoms with E-state index in [0.717, 1.165) is 18.2 Å². The molecule has 0 aliphatic carbocycles. The Bertz CT molecular complexity index is 344. The average Bonchev–Trinajstić information content (AvgIpc) is 2.04. The van der Waals surface area contributed by atoms with Gasteiger partial charge in [0.25, 0.3) is 0 Å². The third-order valence-corrected chi connectivity index (χ3v) is 1.43. The van der Waals surface area contributed by atoms with Crippen molar-refractivity contribution in [3.63, 3.8) is 0 Å². The van der Waals surface area contributed by atoms with Gasteiger partial charge in [0.05, 0.1) is 5.56 Å². The quantitative estimate of drug-likeness (QED) is 0.243. The van der Waals surface area contributed by atoms with Crippen molar-refractivity contribution in [1.29, 1.82) is 0 Å². The van der Waals surface area contributed by atoms with E-state index < -0.39 is 23.0 Å². The number of hydrogen-bond donors (Lipinski definition) is 0. The van der Waals surface area contributed by atoms with Crippen LogP contribution in [0.15, 0.2) is 30.5 Å². The van der Waals surface area contributed by atoms with Crippen molar-refractivity contribution >= 4 is 5.78 Å². The summed E-state index contributed by atoms with van der Waals surface area (Å²) in [5, 5.41) is 9.89. The summed E-state index contributed by atoms with van der Waals surface area (Å²) in [5.74, 6) is -2.91. The van der Waals surface area contributed by atoms with Crippen molar-refractivity contribution in [2.45, 2.75) is 0 Å². The van der Waals surface area contributed by atoms with Crippen LogP contribution in [0.1, 0.15) is 10.4 Å². The van der Waals surface area contributed by atoms with Gasteiger partial charge in [-0.1, -0.05) is 6.07 Å². The Hall–Kier alpha value is -0.710. The molecule has 2 nitrogen and oxygen atoms in total. The van der Waals surface area contributed by atoms with E-state index in [4.69, 9.17) is 0 Å². The van der Waals surface area contributed by atoms with Crippen LogP contribution < -0.4 is 34.7 Å². The molecule has 5 heteroatoms. The summed E-state index contributed by atoms with van der Waals surface area (Å²) in [4.78, 5) is 10.9. The maximum atomic E-state index is 12.8. The Morgan fingerprint density at radius 1 is 1.29 bits per heavy atom. The summed E-state index contributed by atoms with van der Waals surface area (Å²) in [6.07, 6.45) is 0.760. The van der Waals surface area contributed by atoms with E-state index in [1.54, 1.807) is 0 Å². The zero-order valence-corrected chi connectivity index (χ0v) is 9.46. The van der Waals surface area contributed by atoms with Gasteiger partial charge in [0, 0.05) is 0 Å². The molecule has 1 rings (SSSR count). The van der Waals surface area contributed by atoms with Gasteiger partial charge >= 0.3 is 29.6 Å². The van der Waals surface area contributed by atoms with Crippen LogP contribution in [0.3, 0.4) is 0 Å². The summed E-state index contributed by atoms with van der Waals surface area (Å²) in [6.45, 7) is 0. The van der Waals surface area contributed by atoms with Crippen LogP contribution in [0, 0.1) is 11.6 Å². The fraction of sp³-hybridized carbons (Fsp3) is 0. The Morgan fingerprint density at radius 3 is 2.21 bits per heavy atom. The van der Waals surface area contributed by atoms with Crippen molar-refractivity contribution in [2.24, 2.45) is 0 Å². The van der Waals surface area contributed by atoms with Gasteiger partial charge in [-0.3, -0.25) is 4.79 Å². The summed E-state index contributed by atoms with van der Waals surface area (Å²) in [5.41, 5.74) is -0.699. The molecule has 0 unspecified atom stereocenters. The molecule has 0 spiro atoms. The summed E-state index contributed by atoms with van der Waals surface area (Å²) < 4.78 is 25.7. The molecule has 14 heavy (non-hydrogen) atoms. The third kappa shape index (κ3) is 2.90. The predicted octanol–water partition coefficient (Wildman–Crippen LogP) is -1.97. The SMILES string of the molecule is O=C(C=C[O-])c1c(F)cccc1F.[Na+]. The Balaban J connectivity index is 0.00000169. The Kier molecular flexibility index (Phi) is 5.60. The second kappa shape index (κ2) is 5.90. The first-order valence-corrected chi connectivity index (χ1v) is 3.43. The standard InChI is InChI=1S/C9H6F2O2.Na/c10-6-2-1-3-7(11)9(6)8(13)4-5-12;/h1-5,12H;/q;+1/p-1. The zero-order valence-electron chi connectivity index (χ0n) is 7.46. The summed E-state index contributed by atoms with van der Waals surface area (Å²) >= 11 is 0. The van der Waals surface area contributed by atoms with Gasteiger partial charge in [-0.2, -0.15) is 0 Å². The van der Waals surface area contributed by atoms with Gasteiger partial charge in [-0.25, -0.2) is 8.78 Å². The molecule has 0 atom stereocenters. The van der Waals surface area contributed by atoms with Crippen LogP contribution >= 0.6 is 0 Å². The summed E-state index contributed by atoms with van der Waals surface area (Å²) in [7, 11) is 0. The molecule has 0 fully saturated rings. The molecular weight excluding hydrogens is 201 g/mol. The van der Waals surface area contributed by atoms with Gasteiger partial charge < -0.3 is 5.11 Å². The molecule has 0 aromatic heterocycles. The molecule has 0 aliphatic rings. The van der Waals surface area contributed by atoms with E-state index in [1.165, 1.54) is 0 Å². The van der Waals surface area contributed by atoms with Crippen LogP contribution in [-0.2, 0) is 0 Å². The third-order valence-electron chi connectivity index (χ3n) is 1.43. The average molecular weight is 206 g/mol. The molecule has 0 aliphatic heterocycles. The van der Waals surface area contributed by atoms with Crippen molar-refractivity contribution in [3.05, 3.63) is 47.7 Å². The molecule has 0 saturated heterocycles. The second-order valence-electron chi connectivity index (χ2n) is 2.26. The number of carbonyl (C=O) groups excluding carboxylic acids is 1. The molecule has 1 aromatic carbocycles. The van der Waals surface area contributed by atoms with E-state index in [-0.39, 0.29) is 35.8 Å². The number of carbonyl (C=O) groups is 1. The molecular formula is C9H5F2NaO2. The molecule has 0 N–H and O–H groups in total. The Labute approximate surface area is 102 Å². The first-order valence-electron chi connectivity index (χ1n) is 3.43. The molecule has 0 heterocycles. The van der Waals surface area contributed by atoms with Gasteiger partial charge in [0.2, 0.25) is 0 Å². The van der Waals surface area contributed by atoms with Crippen LogP contribution in [0.5, 0.6) is 0 Å². The topological polar surface area (TPSA) is 40.1 Å². The van der Waals surface area contributed by atoms with Crippen molar-refractivity contribution in [1.82, 2.24) is 0 Å². The van der Waals surface area contributed by atoms with Crippen LogP contribution in [0.25, 0.3) is 0 Å². The maximum absolute atomic E-state index is 12.8. The van der Waals surface area contributed by atoms with Crippen LogP contribution in [-0.4, -0.2) is 5.78 Å². The number of rotatable bonds is 2. The first kappa shape index (κ1) is 13.3. The van der Waals surface area contributed by atoms with E-state index in [2.05, 4.69) is 0 Å². The molecule has 0 bridgehead atoms. The second-order valence-corrected chi connectivity index (χ2v) is 2.26. The predicted molar refractivity (Wildman–Crippen MR) is 39.8 cm³/mol. The van der Waals surface area contributed by atoms with Gasteiger partial charge in [-0.05, 0) is 18.2 Å². The molecule has 0 saturated carbocycles. The molecule has 0 amide bonds. The van der Waals surface area contributed by atoms with E-state index in [9.17, 15) is 18.7 Å². The van der Waals surface area contributed by atoms with Crippen molar-refractivity contribution in [3.8, 4) is 0 Å². The van der Waals surface area contributed by atoms with E-state index >= 15 is 0 Å². The van der Waals surface area contributed by atoms with Crippen LogP contribution in [0.4, 0.5) is 8.78 Å². The fourth-order valence-electron chi connectivity index (χ4n) is 0.878. The number of halogens is 2. The van der Waals surface area contributed by atoms with E-state index in [0.29, 0.717) is 6.08 Å². The molecule has 1 aromatic rings. The van der Waals surface area contributed by atoms with Crippen molar-refractivity contribution in [2.75, 3.05) is 0 Å². The van der Waals surface area contributed by atoms with Crippen molar-refractivity contribution < 1.29 is 48.2 Å². The minimum Gasteiger partial charge on any atom is -0.878 e. The van der Waals surface area contributed by atoms with Gasteiger partial charge in [-0.15, -0.1) is 6.26 Å². The van der Waals surface area contributed by atoms with Gasteiger partial charge in [0.1, 0.15) is 11.6 Å². The smallest absolute Gasteiger partial charge is 0.878 e. The molecule has 68 valence electrons. The van der Waals surface area contributed by atoms with Crippen LogP contribution in [0.2, 0.25) is 0 Å². The number of benzene rings is 1. The largest absolute Gasteiger partial charge is 1.00 e. The number of hydrogen-bond acceptors (Lipinski definition) is 2. The minimum atomic E-state index is -0.969. The molecule has 0 radical (unpaired) electrons.